The number of carbonyl (C=O) groups is 1. The van der Waals surface area contributed by atoms with Gasteiger partial charge in [-0.2, -0.15) is 5.10 Å². The van der Waals surface area contributed by atoms with Crippen molar-refractivity contribution in [3.63, 3.8) is 0 Å². The van der Waals surface area contributed by atoms with Gasteiger partial charge in [0, 0.05) is 31.1 Å². The quantitative estimate of drug-likeness (QED) is 0.868. The Morgan fingerprint density at radius 3 is 3.15 bits per heavy atom. The lowest BCUT2D eigenvalue weighted by Crippen LogP contribution is -2.23. The van der Waals surface area contributed by atoms with Crippen LogP contribution in [0, 0.1) is 0 Å². The van der Waals surface area contributed by atoms with Crippen LogP contribution in [0.25, 0.3) is 0 Å². The molecule has 0 unspecified atom stereocenters. The molecule has 0 aliphatic carbocycles. The van der Waals surface area contributed by atoms with Gasteiger partial charge in [-0.15, -0.1) is 0 Å². The Balaban J connectivity index is 1.69. The SMILES string of the molecule is Cn1ncc(CNC(=O)c2ccc3c(c2)CCO3)c1N. The molecule has 0 spiro atoms. The maximum absolute atomic E-state index is 12.1. The Labute approximate surface area is 116 Å². The molecule has 1 aromatic heterocycles. The summed E-state index contributed by atoms with van der Waals surface area (Å²) in [6.07, 6.45) is 2.51. The molecule has 3 N–H and O–H groups in total. The summed E-state index contributed by atoms with van der Waals surface area (Å²) < 4.78 is 7.00. The van der Waals surface area contributed by atoms with Crippen molar-refractivity contribution in [2.24, 2.45) is 7.05 Å². The number of hydrogen-bond donors (Lipinski definition) is 2. The third-order valence-corrected chi connectivity index (χ3v) is 3.46. The van der Waals surface area contributed by atoms with E-state index in [4.69, 9.17) is 10.5 Å². The van der Waals surface area contributed by atoms with E-state index in [1.54, 1.807) is 24.0 Å². The number of nitrogens with two attached hydrogens (primary N) is 1. The maximum atomic E-state index is 12.1. The van der Waals surface area contributed by atoms with Gasteiger partial charge in [0.2, 0.25) is 0 Å². The molecule has 0 saturated carbocycles. The van der Waals surface area contributed by atoms with Crippen LogP contribution in [0.4, 0.5) is 5.82 Å². The zero-order chi connectivity index (χ0) is 14.1. The number of benzene rings is 1. The van der Waals surface area contributed by atoms with E-state index in [1.165, 1.54) is 0 Å². The molecular weight excluding hydrogens is 256 g/mol. The molecule has 20 heavy (non-hydrogen) atoms. The number of aromatic nitrogens is 2. The van der Waals surface area contributed by atoms with Crippen molar-refractivity contribution in [2.45, 2.75) is 13.0 Å². The number of amides is 1. The van der Waals surface area contributed by atoms with Crippen LogP contribution in [0.2, 0.25) is 0 Å². The predicted molar refractivity (Wildman–Crippen MR) is 74.4 cm³/mol. The lowest BCUT2D eigenvalue weighted by Gasteiger charge is -2.06. The van der Waals surface area contributed by atoms with Crippen molar-refractivity contribution in [2.75, 3.05) is 12.3 Å². The molecule has 104 valence electrons. The van der Waals surface area contributed by atoms with Gasteiger partial charge in [-0.3, -0.25) is 9.48 Å². The van der Waals surface area contributed by atoms with Gasteiger partial charge >= 0.3 is 0 Å². The van der Waals surface area contributed by atoms with E-state index in [-0.39, 0.29) is 5.91 Å². The molecule has 6 heteroatoms. The van der Waals surface area contributed by atoms with E-state index in [0.717, 1.165) is 23.3 Å². The van der Waals surface area contributed by atoms with Crippen molar-refractivity contribution >= 4 is 11.7 Å². The van der Waals surface area contributed by atoms with Crippen LogP contribution in [-0.4, -0.2) is 22.3 Å². The Morgan fingerprint density at radius 1 is 1.55 bits per heavy atom. The standard InChI is InChI=1S/C14H16N4O2/c1-18-13(15)11(8-17-18)7-16-14(19)10-2-3-12-9(6-10)4-5-20-12/h2-3,6,8H,4-5,7,15H2,1H3,(H,16,19). The highest BCUT2D eigenvalue weighted by Crippen LogP contribution is 2.25. The van der Waals surface area contributed by atoms with Crippen molar-refractivity contribution in [1.29, 1.82) is 0 Å². The van der Waals surface area contributed by atoms with Gasteiger partial charge in [-0.1, -0.05) is 0 Å². The monoisotopic (exact) mass is 272 g/mol. The first-order valence-electron chi connectivity index (χ1n) is 6.45. The van der Waals surface area contributed by atoms with E-state index in [1.807, 2.05) is 12.1 Å². The first-order chi connectivity index (χ1) is 9.65. The van der Waals surface area contributed by atoms with Gasteiger partial charge in [0.05, 0.1) is 12.8 Å². The Morgan fingerprint density at radius 2 is 2.40 bits per heavy atom. The lowest BCUT2D eigenvalue weighted by atomic mass is 10.1. The van der Waals surface area contributed by atoms with Crippen LogP contribution >= 0.6 is 0 Å². The Bertz CT molecular complexity index is 663. The van der Waals surface area contributed by atoms with E-state index in [9.17, 15) is 4.79 Å². The lowest BCUT2D eigenvalue weighted by molar-refractivity contribution is 0.0951. The minimum absolute atomic E-state index is 0.122. The number of aryl methyl sites for hydroxylation is 1. The summed E-state index contributed by atoms with van der Waals surface area (Å²) in [6.45, 7) is 1.05. The largest absolute Gasteiger partial charge is 0.493 e. The average molecular weight is 272 g/mol. The third-order valence-electron chi connectivity index (χ3n) is 3.46. The summed E-state index contributed by atoms with van der Waals surface area (Å²) in [4.78, 5) is 12.1. The number of fused-ring (bicyclic) bond motifs is 1. The second-order valence-corrected chi connectivity index (χ2v) is 4.78. The fraction of sp³-hybridized carbons (Fsp3) is 0.286. The summed E-state index contributed by atoms with van der Waals surface area (Å²) in [6, 6.07) is 5.49. The van der Waals surface area contributed by atoms with E-state index < -0.39 is 0 Å². The summed E-state index contributed by atoms with van der Waals surface area (Å²) >= 11 is 0. The van der Waals surface area contributed by atoms with Crippen LogP contribution < -0.4 is 15.8 Å². The summed E-state index contributed by atoms with van der Waals surface area (Å²) in [5.74, 6) is 1.31. The third kappa shape index (κ3) is 2.20. The van der Waals surface area contributed by atoms with Crippen LogP contribution in [-0.2, 0) is 20.0 Å². The summed E-state index contributed by atoms with van der Waals surface area (Å²) in [5, 5.41) is 6.89. The summed E-state index contributed by atoms with van der Waals surface area (Å²) in [7, 11) is 1.77. The number of ether oxygens (including phenoxy) is 1. The van der Waals surface area contributed by atoms with Crippen molar-refractivity contribution in [3.8, 4) is 5.75 Å². The molecule has 3 rings (SSSR count). The highest BCUT2D eigenvalue weighted by molar-refractivity contribution is 5.94. The minimum Gasteiger partial charge on any atom is -0.493 e. The van der Waals surface area contributed by atoms with Crippen LogP contribution in [0.5, 0.6) is 5.75 Å². The van der Waals surface area contributed by atoms with Gasteiger partial charge in [-0.05, 0) is 23.8 Å². The van der Waals surface area contributed by atoms with Crippen molar-refractivity contribution < 1.29 is 9.53 Å². The fourth-order valence-electron chi connectivity index (χ4n) is 2.23. The average Bonchev–Trinajstić information content (AvgIpc) is 3.04. The number of nitrogens with one attached hydrogen (secondary N) is 1. The molecular formula is C14H16N4O2. The van der Waals surface area contributed by atoms with Gasteiger partial charge in [0.1, 0.15) is 11.6 Å². The van der Waals surface area contributed by atoms with Crippen LogP contribution in [0.15, 0.2) is 24.4 Å². The molecule has 1 amide bonds. The molecule has 1 aliphatic rings. The second kappa shape index (κ2) is 4.88. The molecule has 0 atom stereocenters. The number of hydrogen-bond acceptors (Lipinski definition) is 4. The smallest absolute Gasteiger partial charge is 0.251 e. The first-order valence-corrected chi connectivity index (χ1v) is 6.45. The first kappa shape index (κ1) is 12.5. The van der Waals surface area contributed by atoms with Crippen molar-refractivity contribution in [3.05, 3.63) is 41.1 Å². The molecule has 0 saturated heterocycles. The Hall–Kier alpha value is -2.50. The molecule has 6 nitrogen and oxygen atoms in total. The molecule has 2 heterocycles. The Kier molecular flexibility index (Phi) is 3.06. The van der Waals surface area contributed by atoms with Gasteiger partial charge < -0.3 is 15.8 Å². The van der Waals surface area contributed by atoms with Crippen LogP contribution in [0.1, 0.15) is 21.5 Å². The van der Waals surface area contributed by atoms with Crippen molar-refractivity contribution in [1.82, 2.24) is 15.1 Å². The summed E-state index contributed by atoms with van der Waals surface area (Å²) in [5.41, 5.74) is 8.36. The highest BCUT2D eigenvalue weighted by atomic mass is 16.5. The molecule has 1 aromatic carbocycles. The molecule has 1 aliphatic heterocycles. The second-order valence-electron chi connectivity index (χ2n) is 4.78. The van der Waals surface area contributed by atoms with E-state index in [2.05, 4.69) is 10.4 Å². The topological polar surface area (TPSA) is 82.2 Å². The van der Waals surface area contributed by atoms with E-state index >= 15 is 0 Å². The minimum atomic E-state index is -0.122. The number of nitrogens with zero attached hydrogens (tertiary/aromatic N) is 2. The number of rotatable bonds is 3. The zero-order valence-electron chi connectivity index (χ0n) is 11.2. The molecule has 0 bridgehead atoms. The number of anilines is 1. The van der Waals surface area contributed by atoms with Gasteiger partial charge in [0.15, 0.2) is 0 Å². The van der Waals surface area contributed by atoms with Gasteiger partial charge in [0.25, 0.3) is 5.91 Å². The normalized spacial score (nSPS) is 12.8. The zero-order valence-corrected chi connectivity index (χ0v) is 11.2. The molecule has 0 fully saturated rings. The number of carbonyl (C=O) groups excluding carboxylic acids is 1. The predicted octanol–water partition coefficient (Wildman–Crippen LogP) is 0.867. The fourth-order valence-corrected chi connectivity index (χ4v) is 2.23. The molecule has 0 radical (unpaired) electrons. The maximum Gasteiger partial charge on any atom is 0.251 e. The molecule has 2 aromatic rings. The highest BCUT2D eigenvalue weighted by Gasteiger charge is 2.15. The van der Waals surface area contributed by atoms with E-state index in [0.29, 0.717) is 24.5 Å². The van der Waals surface area contributed by atoms with Crippen LogP contribution in [0.3, 0.4) is 0 Å². The van der Waals surface area contributed by atoms with Gasteiger partial charge in [-0.25, -0.2) is 0 Å². The number of nitrogen functional groups attached to an aromatic ring is 1.